The van der Waals surface area contributed by atoms with Crippen LogP contribution in [0.3, 0.4) is 0 Å². The fourth-order valence-corrected chi connectivity index (χ4v) is 11.2. The quantitative estimate of drug-likeness (QED) is 0.336. The van der Waals surface area contributed by atoms with Crippen LogP contribution in [0.25, 0.3) is 33.1 Å². The molecule has 156 valence electrons. The monoisotopic (exact) mass is 438 g/mol. The van der Waals surface area contributed by atoms with Gasteiger partial charge >= 0.3 is 0 Å². The SMILES string of the molecule is Cc1ccc2c(c1)[Si](c1ccccc1)(c1ccccc1)c1ccc3oc4ccccc4c3c1-2. The van der Waals surface area contributed by atoms with Crippen LogP contribution in [0.1, 0.15) is 5.56 Å². The van der Waals surface area contributed by atoms with E-state index >= 15 is 0 Å². The van der Waals surface area contributed by atoms with Crippen molar-refractivity contribution >= 4 is 50.8 Å². The number of furan rings is 1. The third-order valence-corrected chi connectivity index (χ3v) is 12.1. The summed E-state index contributed by atoms with van der Waals surface area (Å²) in [4.78, 5) is 0. The highest BCUT2D eigenvalue weighted by Gasteiger charge is 2.49. The maximum atomic E-state index is 6.31. The van der Waals surface area contributed by atoms with Crippen LogP contribution in [0.2, 0.25) is 0 Å². The lowest BCUT2D eigenvalue weighted by molar-refractivity contribution is 0.669. The van der Waals surface area contributed by atoms with Crippen LogP contribution in [0.5, 0.6) is 0 Å². The molecule has 0 saturated carbocycles. The van der Waals surface area contributed by atoms with Gasteiger partial charge in [0.05, 0.1) is 0 Å². The van der Waals surface area contributed by atoms with Crippen LogP contribution in [0.15, 0.2) is 120 Å². The molecule has 0 saturated heterocycles. The molecule has 1 aliphatic rings. The van der Waals surface area contributed by atoms with E-state index in [9.17, 15) is 0 Å². The van der Waals surface area contributed by atoms with E-state index in [0.29, 0.717) is 0 Å². The number of hydrogen-bond acceptors (Lipinski definition) is 1. The molecule has 1 aliphatic heterocycles. The molecule has 33 heavy (non-hydrogen) atoms. The van der Waals surface area contributed by atoms with Gasteiger partial charge in [-0.05, 0) is 50.9 Å². The standard InChI is InChI=1S/C31H22OSi/c1-21-16-17-25-29(20-21)33(22-10-4-2-5-11-22,23-12-6-3-7-13-23)28-19-18-27-30(31(25)28)24-14-8-9-15-26(24)32-27/h2-20H,1H3. The molecular weight excluding hydrogens is 416 g/mol. The summed E-state index contributed by atoms with van der Waals surface area (Å²) in [6.45, 7) is 2.21. The maximum Gasteiger partial charge on any atom is 0.180 e. The Hall–Kier alpha value is -3.88. The Bertz CT molecular complexity index is 1620. The average molecular weight is 439 g/mol. The van der Waals surface area contributed by atoms with Gasteiger partial charge in [0, 0.05) is 10.8 Å². The summed E-state index contributed by atoms with van der Waals surface area (Å²) in [5.41, 5.74) is 5.93. The first-order valence-corrected chi connectivity index (χ1v) is 13.5. The number of aryl methyl sites for hydroxylation is 1. The van der Waals surface area contributed by atoms with Crippen LogP contribution in [0.4, 0.5) is 0 Å². The van der Waals surface area contributed by atoms with Crippen molar-refractivity contribution in [1.82, 2.24) is 0 Å². The molecule has 0 unspecified atom stereocenters. The van der Waals surface area contributed by atoms with Crippen LogP contribution in [-0.4, -0.2) is 8.07 Å². The Morgan fingerprint density at radius 2 is 1.24 bits per heavy atom. The van der Waals surface area contributed by atoms with Gasteiger partial charge in [-0.3, -0.25) is 0 Å². The van der Waals surface area contributed by atoms with E-state index in [4.69, 9.17) is 4.42 Å². The topological polar surface area (TPSA) is 13.1 Å². The fourth-order valence-electron chi connectivity index (χ4n) is 5.91. The van der Waals surface area contributed by atoms with E-state index < -0.39 is 8.07 Å². The predicted octanol–water partition coefficient (Wildman–Crippen LogP) is 5.25. The summed E-state index contributed by atoms with van der Waals surface area (Å²) in [6, 6.07) is 42.3. The van der Waals surface area contributed by atoms with Crippen LogP contribution in [-0.2, 0) is 0 Å². The molecule has 6 aromatic rings. The minimum atomic E-state index is -2.48. The molecule has 2 heterocycles. The van der Waals surface area contributed by atoms with Gasteiger partial charge in [0.1, 0.15) is 11.2 Å². The van der Waals surface area contributed by atoms with E-state index in [1.807, 2.05) is 0 Å². The second kappa shape index (κ2) is 6.81. The largest absolute Gasteiger partial charge is 0.456 e. The van der Waals surface area contributed by atoms with Gasteiger partial charge < -0.3 is 4.42 Å². The number of para-hydroxylation sites is 1. The van der Waals surface area contributed by atoms with Gasteiger partial charge in [0.25, 0.3) is 0 Å². The van der Waals surface area contributed by atoms with Crippen molar-refractivity contribution < 1.29 is 4.42 Å². The van der Waals surface area contributed by atoms with Crippen molar-refractivity contribution in [3.05, 3.63) is 121 Å². The van der Waals surface area contributed by atoms with E-state index in [0.717, 1.165) is 11.2 Å². The summed E-state index contributed by atoms with van der Waals surface area (Å²) in [7, 11) is -2.48. The average Bonchev–Trinajstić information content (AvgIpc) is 3.38. The van der Waals surface area contributed by atoms with Gasteiger partial charge in [-0.15, -0.1) is 0 Å². The lowest BCUT2D eigenvalue weighted by Crippen LogP contribution is -2.72. The molecule has 0 amide bonds. The van der Waals surface area contributed by atoms with Gasteiger partial charge in [-0.1, -0.05) is 109 Å². The first-order valence-electron chi connectivity index (χ1n) is 11.5. The molecule has 7 rings (SSSR count). The normalized spacial score (nSPS) is 13.8. The Morgan fingerprint density at radius 3 is 1.97 bits per heavy atom. The molecule has 2 heteroatoms. The van der Waals surface area contributed by atoms with Crippen molar-refractivity contribution in [1.29, 1.82) is 0 Å². The first-order chi connectivity index (χ1) is 16.3. The Kier molecular flexibility index (Phi) is 3.85. The summed E-state index contributed by atoms with van der Waals surface area (Å²) < 4.78 is 6.31. The van der Waals surface area contributed by atoms with E-state index in [2.05, 4.69) is 122 Å². The molecule has 1 nitrogen and oxygen atoms in total. The zero-order valence-electron chi connectivity index (χ0n) is 18.4. The van der Waals surface area contributed by atoms with Crippen LogP contribution < -0.4 is 20.7 Å². The minimum absolute atomic E-state index is 0.952. The van der Waals surface area contributed by atoms with E-state index in [1.165, 1.54) is 48.2 Å². The second-order valence-corrected chi connectivity index (χ2v) is 12.7. The highest BCUT2D eigenvalue weighted by molar-refractivity contribution is 7.22. The van der Waals surface area contributed by atoms with E-state index in [-0.39, 0.29) is 0 Å². The zero-order chi connectivity index (χ0) is 22.0. The lowest BCUT2D eigenvalue weighted by atomic mass is 9.99. The molecular formula is C31H22OSi. The summed E-state index contributed by atoms with van der Waals surface area (Å²) in [6.07, 6.45) is 0. The number of fused-ring (bicyclic) bond motifs is 7. The van der Waals surface area contributed by atoms with Crippen LogP contribution >= 0.6 is 0 Å². The maximum absolute atomic E-state index is 6.31. The number of benzene rings is 5. The van der Waals surface area contributed by atoms with Gasteiger partial charge in [0.15, 0.2) is 8.07 Å². The van der Waals surface area contributed by atoms with Crippen molar-refractivity contribution in [3.8, 4) is 11.1 Å². The predicted molar refractivity (Wildman–Crippen MR) is 141 cm³/mol. The number of hydrogen-bond donors (Lipinski definition) is 0. The summed E-state index contributed by atoms with van der Waals surface area (Å²) >= 11 is 0. The fraction of sp³-hybridized carbons (Fsp3) is 0.0323. The lowest BCUT2D eigenvalue weighted by Gasteiger charge is -2.31. The molecule has 0 spiro atoms. The molecule has 0 atom stereocenters. The van der Waals surface area contributed by atoms with Crippen molar-refractivity contribution in [2.45, 2.75) is 6.92 Å². The van der Waals surface area contributed by atoms with Gasteiger partial charge in [-0.2, -0.15) is 0 Å². The summed E-state index contributed by atoms with van der Waals surface area (Å²) in [5.74, 6) is 0. The highest BCUT2D eigenvalue weighted by Crippen LogP contribution is 2.39. The molecule has 5 aromatic carbocycles. The van der Waals surface area contributed by atoms with Crippen molar-refractivity contribution in [2.75, 3.05) is 0 Å². The third-order valence-electron chi connectivity index (χ3n) is 7.21. The van der Waals surface area contributed by atoms with Crippen molar-refractivity contribution in [2.24, 2.45) is 0 Å². The molecule has 0 fully saturated rings. The Morgan fingerprint density at radius 1 is 0.576 bits per heavy atom. The molecule has 0 N–H and O–H groups in total. The Balaban J connectivity index is 1.74. The number of rotatable bonds is 2. The second-order valence-electron chi connectivity index (χ2n) is 8.99. The van der Waals surface area contributed by atoms with E-state index in [1.54, 1.807) is 0 Å². The highest BCUT2D eigenvalue weighted by atomic mass is 28.3. The smallest absolute Gasteiger partial charge is 0.180 e. The first kappa shape index (κ1) is 18.7. The minimum Gasteiger partial charge on any atom is -0.456 e. The molecule has 0 aliphatic carbocycles. The third kappa shape index (κ3) is 2.41. The Labute approximate surface area is 194 Å². The zero-order valence-corrected chi connectivity index (χ0v) is 19.4. The molecule has 1 aromatic heterocycles. The molecule has 0 radical (unpaired) electrons. The molecule has 0 bridgehead atoms. The van der Waals surface area contributed by atoms with Crippen LogP contribution in [0, 0.1) is 6.92 Å². The van der Waals surface area contributed by atoms with Crippen molar-refractivity contribution in [3.63, 3.8) is 0 Å². The van der Waals surface area contributed by atoms with Gasteiger partial charge in [-0.25, -0.2) is 0 Å². The van der Waals surface area contributed by atoms with Gasteiger partial charge in [0.2, 0.25) is 0 Å². The summed E-state index contributed by atoms with van der Waals surface area (Å²) in [5, 5.41) is 8.23.